The Bertz CT molecular complexity index is 266. The molecule has 1 aromatic rings. The number of aromatic nitrogens is 2. The van der Waals surface area contributed by atoms with Gasteiger partial charge in [-0.1, -0.05) is 0 Å². The van der Waals surface area contributed by atoms with E-state index in [4.69, 9.17) is 5.11 Å². The van der Waals surface area contributed by atoms with E-state index in [1.165, 1.54) is 6.92 Å². The van der Waals surface area contributed by atoms with Crippen LogP contribution < -0.4 is 0 Å². The molecular weight excluding hydrogens is 184 g/mol. The number of carbonyl (C=O) groups is 2. The minimum absolute atomic E-state index is 0.0463. The van der Waals surface area contributed by atoms with Crippen molar-refractivity contribution < 1.29 is 14.7 Å². The van der Waals surface area contributed by atoms with Gasteiger partial charge < -0.3 is 14.5 Å². The Morgan fingerprint density at radius 1 is 1.43 bits per heavy atom. The highest BCUT2D eigenvalue weighted by atomic mass is 16.4. The molecule has 78 valence electrons. The molecular formula is C9H14N2O3. The molecule has 0 amide bonds. The number of Topliss-reactive ketones (excluding diaryl/α,β-unsaturated/α-hetero) is 1. The van der Waals surface area contributed by atoms with E-state index in [1.54, 1.807) is 12.5 Å². The van der Waals surface area contributed by atoms with Gasteiger partial charge in [0, 0.05) is 25.9 Å². The van der Waals surface area contributed by atoms with Crippen molar-refractivity contribution in [1.29, 1.82) is 0 Å². The molecule has 0 saturated heterocycles. The molecule has 0 atom stereocenters. The van der Waals surface area contributed by atoms with Crippen LogP contribution >= 0.6 is 0 Å². The van der Waals surface area contributed by atoms with E-state index in [-0.39, 0.29) is 18.6 Å². The van der Waals surface area contributed by atoms with Crippen molar-refractivity contribution >= 4 is 11.8 Å². The number of rotatable bonds is 3. The maximum absolute atomic E-state index is 10.1. The largest absolute Gasteiger partial charge is 0.481 e. The Balaban J connectivity index is 0.000000249. The van der Waals surface area contributed by atoms with Crippen LogP contribution in [0.5, 0.6) is 0 Å². The van der Waals surface area contributed by atoms with Crippen LogP contribution in [0.1, 0.15) is 19.8 Å². The van der Waals surface area contributed by atoms with E-state index in [1.807, 2.05) is 17.8 Å². The number of nitrogens with zero attached hydrogens (tertiary/aromatic N) is 2. The fourth-order valence-electron chi connectivity index (χ4n) is 0.609. The first-order chi connectivity index (χ1) is 6.52. The van der Waals surface area contributed by atoms with Crippen molar-refractivity contribution in [3.8, 4) is 0 Å². The average molecular weight is 198 g/mol. The van der Waals surface area contributed by atoms with Gasteiger partial charge >= 0.3 is 5.97 Å². The molecule has 1 N–H and O–H groups in total. The van der Waals surface area contributed by atoms with Gasteiger partial charge in [-0.05, 0) is 6.92 Å². The second kappa shape index (κ2) is 6.82. The van der Waals surface area contributed by atoms with Gasteiger partial charge in [0.2, 0.25) is 0 Å². The topological polar surface area (TPSA) is 72.2 Å². The second-order valence-corrected chi connectivity index (χ2v) is 2.82. The van der Waals surface area contributed by atoms with Crippen LogP contribution in [0.15, 0.2) is 18.7 Å². The molecule has 0 unspecified atom stereocenters. The third-order valence-electron chi connectivity index (χ3n) is 1.33. The second-order valence-electron chi connectivity index (χ2n) is 2.82. The lowest BCUT2D eigenvalue weighted by Gasteiger charge is -1.86. The molecule has 5 nitrogen and oxygen atoms in total. The number of carboxylic acids is 1. The lowest BCUT2D eigenvalue weighted by atomic mass is 10.2. The van der Waals surface area contributed by atoms with Crippen LogP contribution in [-0.4, -0.2) is 26.4 Å². The van der Waals surface area contributed by atoms with Crippen LogP contribution in [0.25, 0.3) is 0 Å². The van der Waals surface area contributed by atoms with Gasteiger partial charge in [-0.25, -0.2) is 4.98 Å². The summed E-state index contributed by atoms with van der Waals surface area (Å²) >= 11 is 0. The van der Waals surface area contributed by atoms with Gasteiger partial charge in [-0.15, -0.1) is 0 Å². The molecule has 0 bridgehead atoms. The van der Waals surface area contributed by atoms with Gasteiger partial charge in [0.25, 0.3) is 0 Å². The summed E-state index contributed by atoms with van der Waals surface area (Å²) in [6.07, 6.45) is 5.49. The smallest absolute Gasteiger partial charge is 0.303 e. The monoisotopic (exact) mass is 198 g/mol. The predicted octanol–water partition coefficient (Wildman–Crippen LogP) is 0.860. The first-order valence-corrected chi connectivity index (χ1v) is 4.15. The number of imidazole rings is 1. The number of hydrogen-bond donors (Lipinski definition) is 1. The fourth-order valence-corrected chi connectivity index (χ4v) is 0.609. The zero-order valence-electron chi connectivity index (χ0n) is 8.30. The normalized spacial score (nSPS) is 8.71. The van der Waals surface area contributed by atoms with Crippen molar-refractivity contribution in [2.24, 2.45) is 7.05 Å². The molecule has 1 heterocycles. The van der Waals surface area contributed by atoms with Gasteiger partial charge in [-0.2, -0.15) is 0 Å². The quantitative estimate of drug-likeness (QED) is 0.781. The molecule has 1 aromatic heterocycles. The van der Waals surface area contributed by atoms with Crippen LogP contribution in [-0.2, 0) is 16.6 Å². The van der Waals surface area contributed by atoms with Crippen LogP contribution in [0.2, 0.25) is 0 Å². The van der Waals surface area contributed by atoms with Crippen molar-refractivity contribution in [3.63, 3.8) is 0 Å². The van der Waals surface area contributed by atoms with Crippen molar-refractivity contribution in [2.45, 2.75) is 19.8 Å². The standard InChI is InChI=1S/C5H8O3.C4H6N2/c1-4(6)2-3-5(7)8;1-6-3-2-5-4-6/h2-3H2,1H3,(H,7,8);2-4H,1H3. The first-order valence-electron chi connectivity index (χ1n) is 4.15. The number of aliphatic carboxylic acids is 1. The van der Waals surface area contributed by atoms with E-state index >= 15 is 0 Å². The summed E-state index contributed by atoms with van der Waals surface area (Å²) < 4.78 is 1.89. The Morgan fingerprint density at radius 2 is 2.07 bits per heavy atom. The third-order valence-corrected chi connectivity index (χ3v) is 1.33. The van der Waals surface area contributed by atoms with Crippen LogP contribution in [0.3, 0.4) is 0 Å². The molecule has 0 saturated carbocycles. The van der Waals surface area contributed by atoms with E-state index in [0.29, 0.717) is 0 Å². The molecule has 0 radical (unpaired) electrons. The van der Waals surface area contributed by atoms with Crippen molar-refractivity contribution in [3.05, 3.63) is 18.7 Å². The third kappa shape index (κ3) is 8.45. The van der Waals surface area contributed by atoms with Crippen LogP contribution in [0, 0.1) is 0 Å². The summed E-state index contributed by atoms with van der Waals surface area (Å²) in [4.78, 5) is 23.6. The Morgan fingerprint density at radius 3 is 2.21 bits per heavy atom. The molecule has 0 spiro atoms. The maximum Gasteiger partial charge on any atom is 0.303 e. The summed E-state index contributed by atoms with van der Waals surface area (Å²) in [7, 11) is 1.94. The number of aryl methyl sites for hydroxylation is 1. The Hall–Kier alpha value is -1.65. The van der Waals surface area contributed by atoms with E-state index in [0.717, 1.165) is 0 Å². The molecule has 0 aliphatic heterocycles. The molecule has 0 fully saturated rings. The average Bonchev–Trinajstić information content (AvgIpc) is 2.53. The summed E-state index contributed by atoms with van der Waals surface area (Å²) in [5, 5.41) is 8.01. The summed E-state index contributed by atoms with van der Waals surface area (Å²) in [6.45, 7) is 1.38. The zero-order chi connectivity index (χ0) is 11.0. The molecule has 5 heteroatoms. The molecule has 0 aliphatic carbocycles. The SMILES string of the molecule is CC(=O)CCC(=O)O.Cn1ccnc1. The first kappa shape index (κ1) is 12.3. The fraction of sp³-hybridized carbons (Fsp3) is 0.444. The highest BCUT2D eigenvalue weighted by Crippen LogP contribution is 1.87. The zero-order valence-corrected chi connectivity index (χ0v) is 8.30. The summed E-state index contributed by atoms with van der Waals surface area (Å²) in [6, 6.07) is 0. The molecule has 0 aromatic carbocycles. The molecule has 14 heavy (non-hydrogen) atoms. The van der Waals surface area contributed by atoms with Gasteiger partial charge in [0.05, 0.1) is 12.7 Å². The number of hydrogen-bond acceptors (Lipinski definition) is 3. The summed E-state index contributed by atoms with van der Waals surface area (Å²) in [5.74, 6) is -0.993. The minimum atomic E-state index is -0.916. The lowest BCUT2D eigenvalue weighted by Crippen LogP contribution is -1.98. The molecule has 0 aliphatic rings. The Labute approximate surface area is 82.4 Å². The Kier molecular flexibility index (Phi) is 6.02. The highest BCUT2D eigenvalue weighted by Gasteiger charge is 1.97. The lowest BCUT2D eigenvalue weighted by molar-refractivity contribution is -0.138. The van der Waals surface area contributed by atoms with Crippen molar-refractivity contribution in [1.82, 2.24) is 9.55 Å². The number of carboxylic acid groups (broad SMARTS) is 1. The number of ketones is 1. The van der Waals surface area contributed by atoms with E-state index < -0.39 is 5.97 Å². The summed E-state index contributed by atoms with van der Waals surface area (Å²) in [5.41, 5.74) is 0. The molecule has 1 rings (SSSR count). The highest BCUT2D eigenvalue weighted by molar-refractivity contribution is 5.80. The van der Waals surface area contributed by atoms with Gasteiger partial charge in [0.15, 0.2) is 0 Å². The van der Waals surface area contributed by atoms with E-state index in [2.05, 4.69) is 4.98 Å². The minimum Gasteiger partial charge on any atom is -0.481 e. The van der Waals surface area contributed by atoms with Gasteiger partial charge in [0.1, 0.15) is 5.78 Å². The van der Waals surface area contributed by atoms with E-state index in [9.17, 15) is 9.59 Å². The maximum atomic E-state index is 10.1. The van der Waals surface area contributed by atoms with Crippen LogP contribution in [0.4, 0.5) is 0 Å². The van der Waals surface area contributed by atoms with Gasteiger partial charge in [-0.3, -0.25) is 4.79 Å². The van der Waals surface area contributed by atoms with Crippen molar-refractivity contribution in [2.75, 3.05) is 0 Å². The predicted molar refractivity (Wildman–Crippen MR) is 50.8 cm³/mol. The number of carbonyl (C=O) groups excluding carboxylic acids is 1.